The molecule has 0 unspecified atom stereocenters. The van der Waals surface area contributed by atoms with Gasteiger partial charge in [0.1, 0.15) is 0 Å². The predicted octanol–water partition coefficient (Wildman–Crippen LogP) is 14.5. The largest absolute Gasteiger partial charge is 0.309 e. The number of nitrogens with zero attached hydrogens (tertiary/aromatic N) is 2. The molecular formula is C50H48N2. The predicted molar refractivity (Wildman–Crippen MR) is 227 cm³/mol. The lowest BCUT2D eigenvalue weighted by Crippen LogP contribution is -1.97. The van der Waals surface area contributed by atoms with Crippen LogP contribution in [0.25, 0.3) is 77.2 Å². The van der Waals surface area contributed by atoms with E-state index in [0.717, 1.165) is 12.8 Å². The van der Waals surface area contributed by atoms with Crippen LogP contribution in [0.5, 0.6) is 0 Å². The van der Waals surface area contributed by atoms with Gasteiger partial charge in [-0.2, -0.15) is 0 Å². The van der Waals surface area contributed by atoms with E-state index in [0.29, 0.717) is 0 Å². The third-order valence-electron chi connectivity index (χ3n) is 10.1. The molecule has 7 aromatic carbocycles. The lowest BCUT2D eigenvalue weighted by Gasteiger charge is -2.16. The highest BCUT2D eigenvalue weighted by atomic mass is 15.0. The fraction of sp³-hybridized carbons (Fsp3) is 0.160. The third-order valence-corrected chi connectivity index (χ3v) is 10.1. The van der Waals surface area contributed by atoms with Crippen molar-refractivity contribution < 1.29 is 0 Å². The fourth-order valence-corrected chi connectivity index (χ4v) is 7.99. The number of para-hydroxylation sites is 3. The van der Waals surface area contributed by atoms with Crippen LogP contribution >= 0.6 is 0 Å². The van der Waals surface area contributed by atoms with E-state index >= 15 is 0 Å². The highest BCUT2D eigenvalue weighted by molar-refractivity contribution is 6.15. The topological polar surface area (TPSA) is 9.86 Å². The third kappa shape index (κ3) is 5.79. The minimum atomic E-state index is 1.01. The molecule has 0 aliphatic carbocycles. The Hall–Kier alpha value is -5.86. The van der Waals surface area contributed by atoms with Gasteiger partial charge in [-0.1, -0.05) is 144 Å². The van der Waals surface area contributed by atoms with Crippen molar-refractivity contribution in [2.24, 2.45) is 0 Å². The van der Waals surface area contributed by atoms with Gasteiger partial charge in [-0.25, -0.2) is 0 Å². The first-order valence-corrected chi connectivity index (χ1v) is 19.0. The Kier molecular flexibility index (Phi) is 10.1. The zero-order valence-corrected chi connectivity index (χ0v) is 31.3. The molecular weight excluding hydrogens is 629 g/mol. The van der Waals surface area contributed by atoms with Crippen LogP contribution in [0.2, 0.25) is 0 Å². The fourth-order valence-electron chi connectivity index (χ4n) is 7.99. The summed E-state index contributed by atoms with van der Waals surface area (Å²) in [7, 11) is 0. The van der Waals surface area contributed by atoms with Crippen LogP contribution in [-0.2, 0) is 6.42 Å². The van der Waals surface area contributed by atoms with Crippen molar-refractivity contribution >= 4 is 43.6 Å². The number of aromatic nitrogens is 2. The van der Waals surface area contributed by atoms with E-state index < -0.39 is 0 Å². The summed E-state index contributed by atoms with van der Waals surface area (Å²) in [6, 6.07) is 57.6. The summed E-state index contributed by atoms with van der Waals surface area (Å²) >= 11 is 0. The minimum absolute atomic E-state index is 1.01. The Morgan fingerprint density at radius 1 is 0.423 bits per heavy atom. The van der Waals surface area contributed by atoms with E-state index in [1.807, 2.05) is 27.7 Å². The molecule has 0 N–H and O–H groups in total. The molecule has 0 saturated heterocycles. The molecule has 0 aliphatic heterocycles. The van der Waals surface area contributed by atoms with Crippen LogP contribution in [0.15, 0.2) is 158 Å². The molecule has 0 aliphatic rings. The summed E-state index contributed by atoms with van der Waals surface area (Å²) in [4.78, 5) is 0. The highest BCUT2D eigenvalue weighted by Crippen LogP contribution is 2.44. The number of fused-ring (bicyclic) bond motifs is 6. The van der Waals surface area contributed by atoms with Gasteiger partial charge >= 0.3 is 0 Å². The normalized spacial score (nSPS) is 11.0. The van der Waals surface area contributed by atoms with E-state index in [2.05, 4.69) is 181 Å². The van der Waals surface area contributed by atoms with Gasteiger partial charge in [0.15, 0.2) is 0 Å². The van der Waals surface area contributed by atoms with Gasteiger partial charge in [-0.05, 0) is 101 Å². The van der Waals surface area contributed by atoms with Crippen molar-refractivity contribution in [3.63, 3.8) is 0 Å². The molecule has 2 heterocycles. The second kappa shape index (κ2) is 15.2. The quantitative estimate of drug-likeness (QED) is 0.166. The molecule has 258 valence electrons. The second-order valence-electron chi connectivity index (χ2n) is 12.8. The van der Waals surface area contributed by atoms with E-state index in [1.54, 1.807) is 0 Å². The van der Waals surface area contributed by atoms with Gasteiger partial charge in [-0.15, -0.1) is 0 Å². The SMILES string of the molecule is CC.CC.CCCc1c(-c2ccc3c(c2C)c2cc(-c4ccccc4)ccc2n3-c2ccccc2)ccc2c1c1ccccc1n2-c1ccccc1. The van der Waals surface area contributed by atoms with Crippen molar-refractivity contribution in [2.75, 3.05) is 0 Å². The van der Waals surface area contributed by atoms with E-state index in [4.69, 9.17) is 0 Å². The first kappa shape index (κ1) is 34.6. The minimum Gasteiger partial charge on any atom is -0.309 e. The maximum absolute atomic E-state index is 2.43. The molecule has 0 saturated carbocycles. The summed E-state index contributed by atoms with van der Waals surface area (Å²) in [6.45, 7) is 12.6. The lowest BCUT2D eigenvalue weighted by atomic mass is 9.89. The van der Waals surface area contributed by atoms with Crippen LogP contribution < -0.4 is 0 Å². The Morgan fingerprint density at radius 3 is 1.54 bits per heavy atom. The van der Waals surface area contributed by atoms with Crippen LogP contribution in [0.1, 0.15) is 52.2 Å². The molecule has 0 amide bonds. The van der Waals surface area contributed by atoms with Crippen LogP contribution in [0.3, 0.4) is 0 Å². The Morgan fingerprint density at radius 2 is 0.923 bits per heavy atom. The summed E-state index contributed by atoms with van der Waals surface area (Å²) in [5.74, 6) is 0. The number of hydrogen-bond donors (Lipinski definition) is 0. The van der Waals surface area contributed by atoms with Gasteiger partial charge in [0, 0.05) is 32.9 Å². The van der Waals surface area contributed by atoms with Crippen molar-refractivity contribution in [3.05, 3.63) is 169 Å². The van der Waals surface area contributed by atoms with Crippen LogP contribution in [0.4, 0.5) is 0 Å². The average Bonchev–Trinajstić information content (AvgIpc) is 3.74. The molecule has 0 bridgehead atoms. The van der Waals surface area contributed by atoms with Crippen molar-refractivity contribution in [2.45, 2.75) is 54.4 Å². The van der Waals surface area contributed by atoms with E-state index in [1.165, 1.54) is 88.4 Å². The zero-order valence-electron chi connectivity index (χ0n) is 31.3. The molecule has 9 aromatic rings. The molecule has 52 heavy (non-hydrogen) atoms. The molecule has 0 fully saturated rings. The number of rotatable bonds is 6. The summed E-state index contributed by atoms with van der Waals surface area (Å²) in [6.07, 6.45) is 2.09. The van der Waals surface area contributed by atoms with Gasteiger partial charge in [0.25, 0.3) is 0 Å². The zero-order chi connectivity index (χ0) is 36.2. The maximum Gasteiger partial charge on any atom is 0.0544 e. The molecule has 0 radical (unpaired) electrons. The Labute approximate surface area is 308 Å². The summed E-state index contributed by atoms with van der Waals surface area (Å²) in [5.41, 5.74) is 15.2. The highest BCUT2D eigenvalue weighted by Gasteiger charge is 2.22. The number of hydrogen-bond acceptors (Lipinski definition) is 0. The van der Waals surface area contributed by atoms with E-state index in [-0.39, 0.29) is 0 Å². The molecule has 2 nitrogen and oxygen atoms in total. The number of benzene rings is 7. The van der Waals surface area contributed by atoms with Gasteiger partial charge in [-0.3, -0.25) is 0 Å². The molecule has 2 aromatic heterocycles. The first-order chi connectivity index (χ1) is 25.7. The van der Waals surface area contributed by atoms with Crippen LogP contribution in [-0.4, -0.2) is 9.13 Å². The first-order valence-electron chi connectivity index (χ1n) is 19.0. The smallest absolute Gasteiger partial charge is 0.0544 e. The molecule has 0 spiro atoms. The molecule has 9 rings (SSSR count). The molecule has 0 atom stereocenters. The summed E-state index contributed by atoms with van der Waals surface area (Å²) < 4.78 is 4.86. The van der Waals surface area contributed by atoms with E-state index in [9.17, 15) is 0 Å². The van der Waals surface area contributed by atoms with Crippen molar-refractivity contribution in [3.8, 4) is 33.6 Å². The van der Waals surface area contributed by atoms with Crippen molar-refractivity contribution in [1.29, 1.82) is 0 Å². The molecule has 2 heteroatoms. The Balaban J connectivity index is 0.00000102. The monoisotopic (exact) mass is 676 g/mol. The summed E-state index contributed by atoms with van der Waals surface area (Å²) in [5, 5.41) is 5.28. The standard InChI is InChI=1S/C46H36N2.2C2H6/c1-3-15-38-37(26-29-44-46(38)39-22-13-14-23-41(39)47(44)34-18-9-5-10-19-34)36-25-28-43-45(31(36)2)40-30-33(32-16-7-4-8-17-32)24-27-42(40)48(43)35-20-11-6-12-21-35;2*1-2/h4-14,16-30H,3,15H2,1-2H3;2*1-2H3. The second-order valence-corrected chi connectivity index (χ2v) is 12.8. The van der Waals surface area contributed by atoms with Gasteiger partial charge in [0.05, 0.1) is 22.1 Å². The van der Waals surface area contributed by atoms with Gasteiger partial charge in [0.2, 0.25) is 0 Å². The van der Waals surface area contributed by atoms with Crippen LogP contribution in [0, 0.1) is 6.92 Å². The van der Waals surface area contributed by atoms with Crippen molar-refractivity contribution in [1.82, 2.24) is 9.13 Å². The Bertz CT molecular complexity index is 2610. The van der Waals surface area contributed by atoms with Gasteiger partial charge < -0.3 is 9.13 Å². The lowest BCUT2D eigenvalue weighted by molar-refractivity contribution is 0.931. The number of aryl methyl sites for hydroxylation is 2. The average molecular weight is 677 g/mol. The maximum atomic E-state index is 2.43.